The molecule has 2 atom stereocenters. The molecule has 0 spiro atoms. The van der Waals surface area contributed by atoms with Crippen LogP contribution in [0.3, 0.4) is 0 Å². The minimum absolute atomic E-state index is 0.0706. The molecule has 0 aliphatic carbocycles. The van der Waals surface area contributed by atoms with E-state index >= 15 is 0 Å². The zero-order valence-electron chi connectivity index (χ0n) is 11.8. The van der Waals surface area contributed by atoms with Crippen molar-refractivity contribution in [3.05, 3.63) is 0 Å². The summed E-state index contributed by atoms with van der Waals surface area (Å²) in [7, 11) is 2.24. The van der Waals surface area contributed by atoms with Crippen molar-refractivity contribution in [2.45, 2.75) is 25.2 Å². The van der Waals surface area contributed by atoms with Gasteiger partial charge in [0.05, 0.1) is 18.0 Å². The molecule has 2 N–H and O–H groups in total. The predicted octanol–water partition coefficient (Wildman–Crippen LogP) is 0.517. The van der Waals surface area contributed by atoms with Gasteiger partial charge in [-0.05, 0) is 18.4 Å². The van der Waals surface area contributed by atoms with Gasteiger partial charge in [0.15, 0.2) is 0 Å². The number of hydrogen-bond acceptors (Lipinski definition) is 3. The molecule has 5 heteroatoms. The summed E-state index contributed by atoms with van der Waals surface area (Å²) < 4.78 is 0. The first kappa shape index (κ1) is 16.7. The summed E-state index contributed by atoms with van der Waals surface area (Å²) in [6, 6.07) is 0. The molecule has 0 aromatic rings. The van der Waals surface area contributed by atoms with Crippen molar-refractivity contribution >= 4 is 15.9 Å². The van der Waals surface area contributed by atoms with Gasteiger partial charge in [-0.1, -0.05) is 13.8 Å². The molecule has 0 heterocycles. The minimum Gasteiger partial charge on any atom is -0.394 e. The van der Waals surface area contributed by atoms with Crippen LogP contribution in [0.25, 0.3) is 0 Å². The standard InChI is InChI=1S/C12H27NO3S/c1-9(2)11(12(16)13(3)4)17(5,6)8-10(15)7-14/h9-11,14-15H,7-8H2,1-6H3. The highest BCUT2D eigenvalue weighted by atomic mass is 32.3. The van der Waals surface area contributed by atoms with Crippen molar-refractivity contribution in [1.29, 1.82) is 0 Å². The van der Waals surface area contributed by atoms with E-state index < -0.39 is 16.1 Å². The largest absolute Gasteiger partial charge is 0.394 e. The van der Waals surface area contributed by atoms with Gasteiger partial charge in [-0.3, -0.25) is 4.79 Å². The number of amides is 1. The van der Waals surface area contributed by atoms with Gasteiger partial charge in [0.1, 0.15) is 0 Å². The van der Waals surface area contributed by atoms with E-state index in [-0.39, 0.29) is 23.7 Å². The molecule has 0 saturated carbocycles. The third-order valence-electron chi connectivity index (χ3n) is 2.81. The van der Waals surface area contributed by atoms with Crippen LogP contribution in [0.15, 0.2) is 0 Å². The summed E-state index contributed by atoms with van der Waals surface area (Å²) in [6.07, 6.45) is 3.38. The average molecular weight is 265 g/mol. The molecule has 0 radical (unpaired) electrons. The van der Waals surface area contributed by atoms with Crippen LogP contribution in [0.2, 0.25) is 0 Å². The number of hydrogen-bond donors (Lipinski definition) is 2. The quantitative estimate of drug-likeness (QED) is 0.736. The average Bonchev–Trinajstić information content (AvgIpc) is 2.15. The van der Waals surface area contributed by atoms with Crippen LogP contribution in [-0.2, 0) is 4.79 Å². The normalized spacial score (nSPS) is 16.8. The number of carbonyl (C=O) groups is 1. The minimum atomic E-state index is -1.28. The molecule has 0 aliphatic rings. The van der Waals surface area contributed by atoms with Crippen molar-refractivity contribution in [2.75, 3.05) is 39.0 Å². The highest BCUT2D eigenvalue weighted by Gasteiger charge is 2.35. The maximum Gasteiger partial charge on any atom is 0.233 e. The molecule has 0 aromatic heterocycles. The van der Waals surface area contributed by atoms with Gasteiger partial charge < -0.3 is 15.1 Å². The molecule has 0 fully saturated rings. The Bertz CT molecular complexity index is 254. The maximum absolute atomic E-state index is 12.2. The first-order valence-corrected chi connectivity index (χ1v) is 8.51. The van der Waals surface area contributed by atoms with Crippen LogP contribution < -0.4 is 0 Å². The molecule has 4 nitrogen and oxygen atoms in total. The van der Waals surface area contributed by atoms with Crippen molar-refractivity contribution in [2.24, 2.45) is 5.92 Å². The number of carbonyl (C=O) groups excluding carboxylic acids is 1. The van der Waals surface area contributed by atoms with Crippen LogP contribution in [0, 0.1) is 5.92 Å². The molecule has 0 rings (SSSR count). The van der Waals surface area contributed by atoms with Crippen molar-refractivity contribution in [3.8, 4) is 0 Å². The first-order chi connectivity index (χ1) is 7.63. The lowest BCUT2D eigenvalue weighted by molar-refractivity contribution is -0.128. The first-order valence-electron chi connectivity index (χ1n) is 5.83. The van der Waals surface area contributed by atoms with Crippen LogP contribution in [0.5, 0.6) is 0 Å². The van der Waals surface area contributed by atoms with E-state index in [1.54, 1.807) is 19.0 Å². The van der Waals surface area contributed by atoms with E-state index in [0.717, 1.165) is 0 Å². The van der Waals surface area contributed by atoms with Crippen LogP contribution in [0.1, 0.15) is 13.8 Å². The third-order valence-corrected chi connectivity index (χ3v) is 6.17. The molecule has 2 unspecified atom stereocenters. The highest BCUT2D eigenvalue weighted by Crippen LogP contribution is 2.49. The molecule has 0 saturated heterocycles. The van der Waals surface area contributed by atoms with Crippen LogP contribution >= 0.6 is 10.0 Å². The Balaban J connectivity index is 4.98. The molecule has 1 amide bonds. The zero-order chi connectivity index (χ0) is 13.8. The maximum atomic E-state index is 12.2. The fraction of sp³-hybridized carbons (Fsp3) is 0.917. The Kier molecular flexibility index (Phi) is 6.51. The summed E-state index contributed by atoms with van der Waals surface area (Å²) in [6.45, 7) is 3.83. The second kappa shape index (κ2) is 6.61. The van der Waals surface area contributed by atoms with Crippen molar-refractivity contribution in [3.63, 3.8) is 0 Å². The SMILES string of the molecule is CC(C)C(C(=O)N(C)C)S(C)(C)CC(O)CO. The topological polar surface area (TPSA) is 60.8 Å². The van der Waals surface area contributed by atoms with Gasteiger partial charge in [0.25, 0.3) is 0 Å². The van der Waals surface area contributed by atoms with E-state index in [9.17, 15) is 9.90 Å². The summed E-state index contributed by atoms with van der Waals surface area (Å²) in [5, 5.41) is 18.5. The smallest absolute Gasteiger partial charge is 0.233 e. The van der Waals surface area contributed by atoms with Crippen molar-refractivity contribution in [1.82, 2.24) is 4.90 Å². The number of aliphatic hydroxyl groups excluding tert-OH is 2. The number of nitrogens with zero attached hydrogens (tertiary/aromatic N) is 1. The molecule has 0 aliphatic heterocycles. The van der Waals surface area contributed by atoms with E-state index in [4.69, 9.17) is 5.11 Å². The Morgan fingerprint density at radius 1 is 1.29 bits per heavy atom. The van der Waals surface area contributed by atoms with Crippen LogP contribution in [0.4, 0.5) is 0 Å². The summed E-state index contributed by atoms with van der Waals surface area (Å²) in [5.74, 6) is 0.859. The highest BCUT2D eigenvalue weighted by molar-refractivity contribution is 8.33. The van der Waals surface area contributed by atoms with Gasteiger partial charge in [-0.2, -0.15) is 0 Å². The lowest BCUT2D eigenvalue weighted by atomic mass is 10.1. The summed E-state index contributed by atoms with van der Waals surface area (Å²) >= 11 is 0. The number of rotatable bonds is 6. The van der Waals surface area contributed by atoms with Crippen molar-refractivity contribution < 1.29 is 15.0 Å². The Morgan fingerprint density at radius 3 is 2.06 bits per heavy atom. The zero-order valence-corrected chi connectivity index (χ0v) is 12.6. The lowest BCUT2D eigenvalue weighted by Gasteiger charge is -2.43. The van der Waals surface area contributed by atoms with Gasteiger partial charge >= 0.3 is 0 Å². The molecule has 0 bridgehead atoms. The monoisotopic (exact) mass is 265 g/mol. The Morgan fingerprint density at radius 2 is 1.76 bits per heavy atom. The molecule has 0 aromatic carbocycles. The van der Waals surface area contributed by atoms with E-state index in [2.05, 4.69) is 12.5 Å². The molecular weight excluding hydrogens is 238 g/mol. The van der Waals surface area contributed by atoms with E-state index in [1.807, 2.05) is 13.8 Å². The van der Waals surface area contributed by atoms with E-state index in [0.29, 0.717) is 5.75 Å². The summed E-state index contributed by atoms with van der Waals surface area (Å²) in [4.78, 5) is 13.8. The van der Waals surface area contributed by atoms with E-state index in [1.165, 1.54) is 0 Å². The Hall–Kier alpha value is -0.260. The van der Waals surface area contributed by atoms with Crippen LogP contribution in [-0.4, -0.2) is 71.3 Å². The second-order valence-electron chi connectivity index (χ2n) is 5.52. The fourth-order valence-electron chi connectivity index (χ4n) is 2.20. The second-order valence-corrected chi connectivity index (χ2v) is 9.61. The number of aliphatic hydroxyl groups is 2. The fourth-order valence-corrected chi connectivity index (χ4v) is 5.74. The third kappa shape index (κ3) is 4.85. The van der Waals surface area contributed by atoms with Gasteiger partial charge in [-0.15, -0.1) is 0 Å². The predicted molar refractivity (Wildman–Crippen MR) is 74.7 cm³/mol. The molecule has 17 heavy (non-hydrogen) atoms. The summed E-state index contributed by atoms with van der Waals surface area (Å²) in [5.41, 5.74) is 0. The van der Waals surface area contributed by atoms with Gasteiger partial charge in [0, 0.05) is 19.8 Å². The van der Waals surface area contributed by atoms with Gasteiger partial charge in [0.2, 0.25) is 5.91 Å². The molecular formula is C12H27NO3S. The Labute approximate surface area is 106 Å². The molecule has 104 valence electrons. The van der Waals surface area contributed by atoms with Gasteiger partial charge in [-0.25, -0.2) is 10.0 Å². The lowest BCUT2D eigenvalue weighted by Crippen LogP contribution is -2.42.